The monoisotopic (exact) mass is 268 g/mol. The van der Waals surface area contributed by atoms with Gasteiger partial charge in [-0.1, -0.05) is 17.7 Å². The number of nitrogens with one attached hydrogen (secondary N) is 1. The summed E-state index contributed by atoms with van der Waals surface area (Å²) in [7, 11) is 0. The van der Waals surface area contributed by atoms with Crippen molar-refractivity contribution in [2.45, 2.75) is 33.2 Å². The van der Waals surface area contributed by atoms with Crippen molar-refractivity contribution < 1.29 is 4.39 Å². The van der Waals surface area contributed by atoms with Crippen molar-refractivity contribution in [3.05, 3.63) is 34.6 Å². The summed E-state index contributed by atoms with van der Waals surface area (Å²) >= 11 is 5.69. The third-order valence-electron chi connectivity index (χ3n) is 2.77. The Kier molecular flexibility index (Phi) is 5.58. The molecule has 0 bridgehead atoms. The molecular weight excluding hydrogens is 251 g/mol. The minimum Gasteiger partial charge on any atom is -0.313 e. The summed E-state index contributed by atoms with van der Waals surface area (Å²) in [6.45, 7) is 5.37. The zero-order valence-electron chi connectivity index (χ0n) is 10.8. The molecule has 0 radical (unpaired) electrons. The van der Waals surface area contributed by atoms with Gasteiger partial charge >= 0.3 is 0 Å². The van der Waals surface area contributed by atoms with Gasteiger partial charge in [0, 0.05) is 6.54 Å². The standard InChI is InChI=1S/C14H18ClFN2/c1-14(2,10-17)6-3-7-18-9-11-4-5-13(16)12(15)8-11/h4-5,8,18H,3,6-7,9H2,1-2H3. The average Bonchev–Trinajstić information content (AvgIpc) is 2.33. The van der Waals surface area contributed by atoms with Crippen LogP contribution in [0, 0.1) is 22.6 Å². The Hall–Kier alpha value is -1.11. The molecule has 4 heteroatoms. The maximum atomic E-state index is 12.9. The molecule has 0 saturated carbocycles. The molecule has 0 spiro atoms. The largest absolute Gasteiger partial charge is 0.313 e. The quantitative estimate of drug-likeness (QED) is 0.795. The van der Waals surface area contributed by atoms with Crippen LogP contribution >= 0.6 is 11.6 Å². The maximum Gasteiger partial charge on any atom is 0.141 e. The molecule has 0 aliphatic carbocycles. The number of halogens is 2. The SMILES string of the molecule is CC(C)(C#N)CCCNCc1ccc(F)c(Cl)c1. The first-order valence-electron chi connectivity index (χ1n) is 6.00. The van der Waals surface area contributed by atoms with E-state index in [1.54, 1.807) is 12.1 Å². The molecule has 0 fully saturated rings. The van der Waals surface area contributed by atoms with Crippen LogP contribution in [0.25, 0.3) is 0 Å². The lowest BCUT2D eigenvalue weighted by Crippen LogP contribution is -2.17. The van der Waals surface area contributed by atoms with Gasteiger partial charge in [-0.25, -0.2) is 4.39 Å². The van der Waals surface area contributed by atoms with E-state index in [2.05, 4.69) is 11.4 Å². The van der Waals surface area contributed by atoms with Gasteiger partial charge in [0.25, 0.3) is 0 Å². The minimum absolute atomic E-state index is 0.153. The fourth-order valence-corrected chi connectivity index (χ4v) is 1.80. The average molecular weight is 269 g/mol. The normalized spacial score (nSPS) is 11.3. The predicted molar refractivity (Wildman–Crippen MR) is 71.7 cm³/mol. The Morgan fingerprint density at radius 3 is 2.78 bits per heavy atom. The van der Waals surface area contributed by atoms with Gasteiger partial charge in [0.05, 0.1) is 16.5 Å². The van der Waals surface area contributed by atoms with Crippen LogP contribution < -0.4 is 5.32 Å². The Bertz CT molecular complexity index is 438. The maximum absolute atomic E-state index is 12.9. The number of rotatable bonds is 6. The number of nitrogens with zero attached hydrogens (tertiary/aromatic N) is 1. The number of hydrogen-bond donors (Lipinski definition) is 1. The van der Waals surface area contributed by atoms with E-state index in [1.807, 2.05) is 13.8 Å². The molecule has 0 amide bonds. The lowest BCUT2D eigenvalue weighted by atomic mass is 9.90. The molecule has 1 aromatic rings. The van der Waals surface area contributed by atoms with E-state index in [9.17, 15) is 4.39 Å². The highest BCUT2D eigenvalue weighted by atomic mass is 35.5. The molecule has 1 rings (SSSR count). The van der Waals surface area contributed by atoms with Gasteiger partial charge in [-0.15, -0.1) is 0 Å². The van der Waals surface area contributed by atoms with Crippen molar-refractivity contribution in [2.24, 2.45) is 5.41 Å². The first-order valence-corrected chi connectivity index (χ1v) is 6.38. The van der Waals surface area contributed by atoms with Crippen LogP contribution in [-0.2, 0) is 6.54 Å². The summed E-state index contributed by atoms with van der Waals surface area (Å²) in [5.41, 5.74) is 0.696. The molecule has 0 aliphatic rings. The van der Waals surface area contributed by atoms with Crippen LogP contribution in [0.15, 0.2) is 18.2 Å². The second-order valence-electron chi connectivity index (χ2n) is 5.02. The van der Waals surface area contributed by atoms with Crippen molar-refractivity contribution >= 4 is 11.6 Å². The van der Waals surface area contributed by atoms with Gasteiger partial charge < -0.3 is 5.32 Å². The molecule has 0 unspecified atom stereocenters. The van der Waals surface area contributed by atoms with Crippen LogP contribution in [0.1, 0.15) is 32.3 Å². The van der Waals surface area contributed by atoms with Crippen molar-refractivity contribution in [1.29, 1.82) is 5.26 Å². The molecule has 0 aliphatic heterocycles. The topological polar surface area (TPSA) is 35.8 Å². The summed E-state index contributed by atoms with van der Waals surface area (Å²) in [4.78, 5) is 0. The van der Waals surface area contributed by atoms with Crippen molar-refractivity contribution in [3.8, 4) is 6.07 Å². The molecule has 0 saturated heterocycles. The summed E-state index contributed by atoms with van der Waals surface area (Å²) in [6, 6.07) is 6.99. The molecule has 0 heterocycles. The molecule has 2 nitrogen and oxygen atoms in total. The van der Waals surface area contributed by atoms with Crippen LogP contribution in [0.5, 0.6) is 0 Å². The van der Waals surface area contributed by atoms with Crippen LogP contribution in [-0.4, -0.2) is 6.54 Å². The van der Waals surface area contributed by atoms with E-state index < -0.39 is 5.82 Å². The van der Waals surface area contributed by atoms with Gasteiger partial charge in [-0.2, -0.15) is 5.26 Å². The highest BCUT2D eigenvalue weighted by molar-refractivity contribution is 6.30. The summed E-state index contributed by atoms with van der Waals surface area (Å²) in [5, 5.41) is 12.3. The zero-order valence-corrected chi connectivity index (χ0v) is 11.5. The lowest BCUT2D eigenvalue weighted by Gasteiger charge is -2.14. The van der Waals surface area contributed by atoms with E-state index in [-0.39, 0.29) is 10.4 Å². The summed E-state index contributed by atoms with van der Waals surface area (Å²) in [5.74, 6) is -0.392. The van der Waals surface area contributed by atoms with Gasteiger partial charge in [0.1, 0.15) is 5.82 Å². The number of hydrogen-bond acceptors (Lipinski definition) is 2. The van der Waals surface area contributed by atoms with E-state index in [0.717, 1.165) is 24.9 Å². The van der Waals surface area contributed by atoms with Crippen LogP contribution in [0.2, 0.25) is 5.02 Å². The third-order valence-corrected chi connectivity index (χ3v) is 3.06. The van der Waals surface area contributed by atoms with Crippen molar-refractivity contribution in [1.82, 2.24) is 5.32 Å². The molecular formula is C14H18ClFN2. The molecule has 18 heavy (non-hydrogen) atoms. The number of benzene rings is 1. The highest BCUT2D eigenvalue weighted by Gasteiger charge is 2.15. The Morgan fingerprint density at radius 2 is 2.17 bits per heavy atom. The molecule has 0 atom stereocenters. The fourth-order valence-electron chi connectivity index (χ4n) is 1.59. The minimum atomic E-state index is -0.392. The molecule has 1 aromatic carbocycles. The first kappa shape index (κ1) is 14.9. The van der Waals surface area contributed by atoms with Gasteiger partial charge in [0.15, 0.2) is 0 Å². The van der Waals surface area contributed by atoms with Gasteiger partial charge in [0.2, 0.25) is 0 Å². The fraction of sp³-hybridized carbons (Fsp3) is 0.500. The van der Waals surface area contributed by atoms with Gasteiger partial charge in [-0.05, 0) is 50.9 Å². The van der Waals surface area contributed by atoms with E-state index in [0.29, 0.717) is 6.54 Å². The molecule has 1 N–H and O–H groups in total. The Morgan fingerprint density at radius 1 is 1.44 bits per heavy atom. The van der Waals surface area contributed by atoms with Gasteiger partial charge in [-0.3, -0.25) is 0 Å². The van der Waals surface area contributed by atoms with E-state index in [1.165, 1.54) is 6.07 Å². The van der Waals surface area contributed by atoms with Crippen molar-refractivity contribution in [2.75, 3.05) is 6.54 Å². The summed E-state index contributed by atoms with van der Waals surface area (Å²) < 4.78 is 12.9. The predicted octanol–water partition coefficient (Wildman–Crippen LogP) is 3.90. The molecule has 0 aromatic heterocycles. The van der Waals surface area contributed by atoms with E-state index >= 15 is 0 Å². The zero-order chi connectivity index (χ0) is 13.6. The molecule has 98 valence electrons. The second-order valence-corrected chi connectivity index (χ2v) is 5.43. The number of nitriles is 1. The lowest BCUT2D eigenvalue weighted by molar-refractivity contribution is 0.426. The second kappa shape index (κ2) is 6.72. The third kappa shape index (κ3) is 5.03. The summed E-state index contributed by atoms with van der Waals surface area (Å²) in [6.07, 6.45) is 1.80. The highest BCUT2D eigenvalue weighted by Crippen LogP contribution is 2.20. The van der Waals surface area contributed by atoms with Crippen molar-refractivity contribution in [3.63, 3.8) is 0 Å². The Labute approximate surface area is 113 Å². The Balaban J connectivity index is 2.26. The first-order chi connectivity index (χ1) is 8.44. The smallest absolute Gasteiger partial charge is 0.141 e. The van der Waals surface area contributed by atoms with Crippen LogP contribution in [0.4, 0.5) is 4.39 Å². The van der Waals surface area contributed by atoms with Crippen LogP contribution in [0.3, 0.4) is 0 Å². The van der Waals surface area contributed by atoms with E-state index in [4.69, 9.17) is 16.9 Å².